The molecule has 2 aromatic rings. The number of amides is 1. The Morgan fingerprint density at radius 3 is 2.91 bits per heavy atom. The number of hydrogen-bond acceptors (Lipinski definition) is 4. The van der Waals surface area contributed by atoms with Crippen LogP contribution < -0.4 is 0 Å². The molecule has 1 aliphatic carbocycles. The zero-order valence-electron chi connectivity index (χ0n) is 13.3. The maximum Gasteiger partial charge on any atom is 0.306 e. The molecule has 122 valence electrons. The number of rotatable bonds is 7. The summed E-state index contributed by atoms with van der Waals surface area (Å²) in [5.74, 6) is -0.308. The molecule has 0 aromatic carbocycles. The van der Waals surface area contributed by atoms with Crippen LogP contribution in [0.1, 0.15) is 38.3 Å². The van der Waals surface area contributed by atoms with Crippen LogP contribution in [0.25, 0.3) is 5.65 Å². The number of hydrogen-bond donors (Lipinski definition) is 0. The van der Waals surface area contributed by atoms with E-state index in [1.54, 1.807) is 6.92 Å². The zero-order chi connectivity index (χ0) is 16.2. The van der Waals surface area contributed by atoms with Crippen molar-refractivity contribution in [2.75, 3.05) is 6.61 Å². The lowest BCUT2D eigenvalue weighted by Crippen LogP contribution is -2.33. The third-order valence-electron chi connectivity index (χ3n) is 3.98. The molecule has 2 aromatic heterocycles. The van der Waals surface area contributed by atoms with E-state index in [0.717, 1.165) is 24.2 Å². The van der Waals surface area contributed by atoms with Gasteiger partial charge < -0.3 is 14.0 Å². The molecule has 6 nitrogen and oxygen atoms in total. The van der Waals surface area contributed by atoms with Crippen LogP contribution in [0.3, 0.4) is 0 Å². The first-order chi connectivity index (χ1) is 11.2. The van der Waals surface area contributed by atoms with Crippen LogP contribution in [0, 0.1) is 0 Å². The van der Waals surface area contributed by atoms with Gasteiger partial charge in [-0.25, -0.2) is 4.98 Å². The van der Waals surface area contributed by atoms with Gasteiger partial charge in [-0.3, -0.25) is 9.59 Å². The van der Waals surface area contributed by atoms with Gasteiger partial charge >= 0.3 is 5.97 Å². The van der Waals surface area contributed by atoms with E-state index >= 15 is 0 Å². The molecule has 1 amide bonds. The lowest BCUT2D eigenvalue weighted by Gasteiger charge is -2.22. The van der Waals surface area contributed by atoms with Crippen molar-refractivity contribution in [1.82, 2.24) is 14.3 Å². The maximum atomic E-state index is 12.5. The fourth-order valence-corrected chi connectivity index (χ4v) is 2.67. The SMILES string of the molecule is CCOC(=O)CCC(=O)N(Cc1cnc2ccccn12)C1CC1. The first kappa shape index (κ1) is 15.5. The molecule has 0 saturated heterocycles. The van der Waals surface area contributed by atoms with E-state index in [1.807, 2.05) is 39.9 Å². The normalized spacial score (nSPS) is 14.0. The highest BCUT2D eigenvalue weighted by Crippen LogP contribution is 2.29. The molecule has 0 radical (unpaired) electrons. The van der Waals surface area contributed by atoms with Crippen LogP contribution in [0.5, 0.6) is 0 Å². The molecule has 0 N–H and O–H groups in total. The second-order valence-corrected chi connectivity index (χ2v) is 5.74. The Hall–Kier alpha value is -2.37. The summed E-state index contributed by atoms with van der Waals surface area (Å²) in [6.07, 6.45) is 6.16. The lowest BCUT2D eigenvalue weighted by molar-refractivity contribution is -0.146. The van der Waals surface area contributed by atoms with Crippen molar-refractivity contribution < 1.29 is 14.3 Å². The number of esters is 1. The van der Waals surface area contributed by atoms with Gasteiger partial charge in [0.15, 0.2) is 0 Å². The molecule has 0 spiro atoms. The molecule has 0 bridgehead atoms. The molecular weight excluding hydrogens is 294 g/mol. The summed E-state index contributed by atoms with van der Waals surface area (Å²) in [5, 5.41) is 0. The molecule has 0 atom stereocenters. The number of aromatic nitrogens is 2. The summed E-state index contributed by atoms with van der Waals surface area (Å²) in [6.45, 7) is 2.64. The van der Waals surface area contributed by atoms with Crippen LogP contribution in [0.4, 0.5) is 0 Å². The summed E-state index contributed by atoms with van der Waals surface area (Å²) in [5.41, 5.74) is 1.86. The van der Waals surface area contributed by atoms with Crippen molar-refractivity contribution in [3.05, 3.63) is 36.3 Å². The topological polar surface area (TPSA) is 63.9 Å². The van der Waals surface area contributed by atoms with Gasteiger partial charge in [-0.15, -0.1) is 0 Å². The standard InChI is InChI=1S/C17H21N3O3/c1-2-23-17(22)9-8-16(21)20(13-6-7-13)12-14-11-18-15-5-3-4-10-19(14)15/h3-5,10-11,13H,2,6-9,12H2,1H3. The Bertz CT molecular complexity index is 706. The van der Waals surface area contributed by atoms with Crippen molar-refractivity contribution in [3.8, 4) is 0 Å². The van der Waals surface area contributed by atoms with Crippen molar-refractivity contribution in [3.63, 3.8) is 0 Å². The molecule has 1 fully saturated rings. The molecule has 0 aliphatic heterocycles. The van der Waals surface area contributed by atoms with Gasteiger partial charge in [0, 0.05) is 18.7 Å². The Morgan fingerprint density at radius 2 is 2.17 bits per heavy atom. The van der Waals surface area contributed by atoms with Crippen molar-refractivity contribution >= 4 is 17.5 Å². The van der Waals surface area contributed by atoms with Crippen molar-refractivity contribution in [1.29, 1.82) is 0 Å². The number of imidazole rings is 1. The molecule has 1 saturated carbocycles. The van der Waals surface area contributed by atoms with E-state index in [-0.39, 0.29) is 24.7 Å². The average molecular weight is 315 g/mol. The van der Waals surface area contributed by atoms with Crippen LogP contribution in [0.2, 0.25) is 0 Å². The van der Waals surface area contributed by atoms with Gasteiger partial charge in [-0.1, -0.05) is 6.07 Å². The Balaban J connectivity index is 1.67. The number of pyridine rings is 1. The summed E-state index contributed by atoms with van der Waals surface area (Å²) in [4.78, 5) is 30.2. The fraction of sp³-hybridized carbons (Fsp3) is 0.471. The number of ether oxygens (including phenoxy) is 1. The minimum atomic E-state index is -0.314. The Morgan fingerprint density at radius 1 is 1.35 bits per heavy atom. The Kier molecular flexibility index (Phi) is 4.60. The summed E-state index contributed by atoms with van der Waals surface area (Å²) >= 11 is 0. The molecule has 2 heterocycles. The molecule has 0 unspecified atom stereocenters. The van der Waals surface area contributed by atoms with E-state index in [9.17, 15) is 9.59 Å². The molecule has 1 aliphatic rings. The molecular formula is C17H21N3O3. The lowest BCUT2D eigenvalue weighted by atomic mass is 10.2. The third-order valence-corrected chi connectivity index (χ3v) is 3.98. The highest BCUT2D eigenvalue weighted by Gasteiger charge is 2.33. The first-order valence-corrected chi connectivity index (χ1v) is 8.05. The Labute approximate surface area is 135 Å². The first-order valence-electron chi connectivity index (χ1n) is 8.05. The second-order valence-electron chi connectivity index (χ2n) is 5.74. The minimum absolute atomic E-state index is 0.00596. The van der Waals surface area contributed by atoms with Gasteiger partial charge in [-0.2, -0.15) is 0 Å². The average Bonchev–Trinajstić information content (AvgIpc) is 3.31. The second kappa shape index (κ2) is 6.81. The molecule has 23 heavy (non-hydrogen) atoms. The van der Waals surface area contributed by atoms with E-state index in [0.29, 0.717) is 19.2 Å². The van der Waals surface area contributed by atoms with Crippen LogP contribution in [-0.2, 0) is 20.9 Å². The van der Waals surface area contributed by atoms with E-state index in [4.69, 9.17) is 4.74 Å². The summed E-state index contributed by atoms with van der Waals surface area (Å²) in [7, 11) is 0. The predicted molar refractivity (Wildman–Crippen MR) is 84.6 cm³/mol. The predicted octanol–water partition coefficient (Wildman–Crippen LogP) is 2.17. The van der Waals surface area contributed by atoms with Gasteiger partial charge in [0.05, 0.1) is 31.5 Å². The summed E-state index contributed by atoms with van der Waals surface area (Å²) < 4.78 is 6.88. The van der Waals surface area contributed by atoms with Gasteiger partial charge in [-0.05, 0) is 31.9 Å². The van der Waals surface area contributed by atoms with Crippen LogP contribution >= 0.6 is 0 Å². The minimum Gasteiger partial charge on any atom is -0.466 e. The van der Waals surface area contributed by atoms with E-state index < -0.39 is 0 Å². The van der Waals surface area contributed by atoms with Crippen LogP contribution in [-0.4, -0.2) is 38.8 Å². The van der Waals surface area contributed by atoms with Crippen molar-refractivity contribution in [2.24, 2.45) is 0 Å². The number of carbonyl (C=O) groups excluding carboxylic acids is 2. The van der Waals surface area contributed by atoms with Gasteiger partial charge in [0.1, 0.15) is 5.65 Å². The zero-order valence-corrected chi connectivity index (χ0v) is 13.3. The highest BCUT2D eigenvalue weighted by molar-refractivity contribution is 5.81. The monoisotopic (exact) mass is 315 g/mol. The highest BCUT2D eigenvalue weighted by atomic mass is 16.5. The van der Waals surface area contributed by atoms with Gasteiger partial charge in [0.25, 0.3) is 0 Å². The smallest absolute Gasteiger partial charge is 0.306 e. The van der Waals surface area contributed by atoms with Crippen LogP contribution in [0.15, 0.2) is 30.6 Å². The maximum absolute atomic E-state index is 12.5. The number of carbonyl (C=O) groups is 2. The number of nitrogens with zero attached hydrogens (tertiary/aromatic N) is 3. The van der Waals surface area contributed by atoms with Gasteiger partial charge in [0.2, 0.25) is 5.91 Å². The fourth-order valence-electron chi connectivity index (χ4n) is 2.67. The molecule has 3 rings (SSSR count). The van der Waals surface area contributed by atoms with E-state index in [2.05, 4.69) is 4.98 Å². The van der Waals surface area contributed by atoms with E-state index in [1.165, 1.54) is 0 Å². The third kappa shape index (κ3) is 3.70. The quantitative estimate of drug-likeness (QED) is 0.735. The largest absolute Gasteiger partial charge is 0.466 e. The number of fused-ring (bicyclic) bond motifs is 1. The molecule has 6 heteroatoms. The van der Waals surface area contributed by atoms with Crippen molar-refractivity contribution in [2.45, 2.75) is 45.2 Å². The summed E-state index contributed by atoms with van der Waals surface area (Å²) in [6, 6.07) is 6.12.